The van der Waals surface area contributed by atoms with Crippen LogP contribution in [0, 0.1) is 5.92 Å². The molecule has 1 aliphatic rings. The van der Waals surface area contributed by atoms with Crippen molar-refractivity contribution in [2.75, 3.05) is 32.3 Å². The summed E-state index contributed by atoms with van der Waals surface area (Å²) >= 11 is 0. The monoisotopic (exact) mass is 451 g/mol. The lowest BCUT2D eigenvalue weighted by molar-refractivity contribution is -0.153. The number of anilines is 1. The number of rotatable bonds is 8. The Hall–Kier alpha value is -3.55. The van der Waals surface area contributed by atoms with Gasteiger partial charge in [0.05, 0.1) is 37.9 Å². The van der Waals surface area contributed by atoms with E-state index in [-0.39, 0.29) is 12.5 Å². The molecule has 0 radical (unpaired) electrons. The lowest BCUT2D eigenvalue weighted by Crippen LogP contribution is -2.50. The van der Waals surface area contributed by atoms with Crippen molar-refractivity contribution >= 4 is 28.9 Å². The zero-order valence-electron chi connectivity index (χ0n) is 19.4. The first-order valence-corrected chi connectivity index (χ1v) is 11.2. The van der Waals surface area contributed by atoms with Crippen molar-refractivity contribution in [3.8, 4) is 11.5 Å². The predicted octanol–water partition coefficient (Wildman–Crippen LogP) is 3.97. The van der Waals surface area contributed by atoms with Gasteiger partial charge < -0.3 is 18.8 Å². The average molecular weight is 452 g/mol. The molecular formula is C25H29N3O5. The number of esters is 1. The van der Waals surface area contributed by atoms with E-state index in [9.17, 15) is 9.59 Å². The zero-order valence-corrected chi connectivity index (χ0v) is 19.4. The van der Waals surface area contributed by atoms with Gasteiger partial charge in [0.25, 0.3) is 0 Å². The zero-order chi connectivity index (χ0) is 23.5. The highest BCUT2D eigenvalue weighted by Gasteiger charge is 2.48. The van der Waals surface area contributed by atoms with E-state index in [4.69, 9.17) is 19.2 Å². The number of carbonyl (C=O) groups excluding carboxylic acids is 2. The van der Waals surface area contributed by atoms with E-state index in [2.05, 4.69) is 6.92 Å². The van der Waals surface area contributed by atoms with E-state index in [0.717, 1.165) is 23.9 Å². The Morgan fingerprint density at radius 3 is 2.55 bits per heavy atom. The molecule has 2 aromatic carbocycles. The molecule has 2 heterocycles. The molecule has 8 heteroatoms. The van der Waals surface area contributed by atoms with Crippen LogP contribution in [0.5, 0.6) is 11.5 Å². The van der Waals surface area contributed by atoms with Crippen LogP contribution in [0.1, 0.15) is 38.3 Å². The maximum atomic E-state index is 13.8. The highest BCUT2D eigenvalue weighted by molar-refractivity contribution is 6.08. The van der Waals surface area contributed by atoms with Gasteiger partial charge in [0.15, 0.2) is 17.4 Å². The lowest BCUT2D eigenvalue weighted by atomic mass is 9.88. The van der Waals surface area contributed by atoms with E-state index in [1.807, 2.05) is 41.0 Å². The number of methoxy groups -OCH3 is 2. The summed E-state index contributed by atoms with van der Waals surface area (Å²) in [5, 5.41) is 0. The summed E-state index contributed by atoms with van der Waals surface area (Å²) in [7, 11) is 3.10. The van der Waals surface area contributed by atoms with Gasteiger partial charge in [-0.15, -0.1) is 0 Å². The number of imidazole rings is 1. The molecule has 0 fully saturated rings. The number of ether oxygens (including phenoxy) is 3. The van der Waals surface area contributed by atoms with Crippen LogP contribution in [0.25, 0.3) is 11.0 Å². The number of para-hydroxylation sites is 3. The maximum Gasteiger partial charge on any atom is 0.321 e. The summed E-state index contributed by atoms with van der Waals surface area (Å²) in [6.07, 6.45) is 1.69. The number of benzene rings is 2. The van der Waals surface area contributed by atoms with Crippen LogP contribution in [-0.4, -0.2) is 48.8 Å². The summed E-state index contributed by atoms with van der Waals surface area (Å²) in [5.41, 5.74) is 2.23. The lowest BCUT2D eigenvalue weighted by Gasteiger charge is -2.38. The summed E-state index contributed by atoms with van der Waals surface area (Å²) in [6.45, 7) is 4.44. The molecule has 174 valence electrons. The van der Waals surface area contributed by atoms with Crippen LogP contribution in [0.3, 0.4) is 0 Å². The van der Waals surface area contributed by atoms with Crippen molar-refractivity contribution in [2.24, 2.45) is 5.92 Å². The Morgan fingerprint density at radius 2 is 1.85 bits per heavy atom. The van der Waals surface area contributed by atoms with Gasteiger partial charge in [-0.05, 0) is 31.5 Å². The Labute approximate surface area is 193 Å². The molecule has 0 aliphatic carbocycles. The first-order valence-electron chi connectivity index (χ1n) is 11.2. The number of hydrogen-bond acceptors (Lipinski definition) is 6. The summed E-state index contributed by atoms with van der Waals surface area (Å²) in [4.78, 5) is 33.5. The highest BCUT2D eigenvalue weighted by atomic mass is 16.5. The van der Waals surface area contributed by atoms with E-state index in [0.29, 0.717) is 29.6 Å². The van der Waals surface area contributed by atoms with E-state index >= 15 is 0 Å². The Bertz CT molecular complexity index is 1170. The number of carbonyl (C=O) groups is 2. The van der Waals surface area contributed by atoms with Crippen LogP contribution in [-0.2, 0) is 14.3 Å². The second-order valence-corrected chi connectivity index (χ2v) is 7.87. The fourth-order valence-electron chi connectivity index (χ4n) is 4.50. The Balaban J connectivity index is 2.03. The van der Waals surface area contributed by atoms with Crippen molar-refractivity contribution in [3.05, 3.63) is 48.0 Å². The van der Waals surface area contributed by atoms with Gasteiger partial charge >= 0.3 is 5.97 Å². The van der Waals surface area contributed by atoms with Crippen LogP contribution in [0.4, 0.5) is 5.95 Å². The van der Waals surface area contributed by atoms with Crippen molar-refractivity contribution in [1.29, 1.82) is 0 Å². The van der Waals surface area contributed by atoms with Crippen LogP contribution >= 0.6 is 0 Å². The fourth-order valence-corrected chi connectivity index (χ4v) is 4.50. The van der Waals surface area contributed by atoms with Crippen LogP contribution in [0.2, 0.25) is 0 Å². The highest BCUT2D eigenvalue weighted by Crippen LogP contribution is 2.46. The molecule has 8 nitrogen and oxygen atoms in total. The molecule has 0 saturated carbocycles. The molecule has 0 unspecified atom stereocenters. The number of amides is 1. The van der Waals surface area contributed by atoms with Crippen molar-refractivity contribution < 1.29 is 23.8 Å². The van der Waals surface area contributed by atoms with Gasteiger partial charge in [-0.25, -0.2) is 4.98 Å². The van der Waals surface area contributed by atoms with E-state index in [1.54, 1.807) is 32.1 Å². The van der Waals surface area contributed by atoms with Gasteiger partial charge in [-0.1, -0.05) is 37.6 Å². The minimum Gasteiger partial charge on any atom is -0.493 e. The minimum absolute atomic E-state index is 0.178. The van der Waals surface area contributed by atoms with Crippen LogP contribution < -0.4 is 14.4 Å². The second kappa shape index (κ2) is 9.52. The van der Waals surface area contributed by atoms with Crippen molar-refractivity contribution in [1.82, 2.24) is 9.55 Å². The molecule has 1 aromatic heterocycles. The van der Waals surface area contributed by atoms with Crippen molar-refractivity contribution in [2.45, 2.75) is 32.7 Å². The van der Waals surface area contributed by atoms with Crippen LogP contribution in [0.15, 0.2) is 42.5 Å². The van der Waals surface area contributed by atoms with Gasteiger partial charge in [0.2, 0.25) is 11.9 Å². The topological polar surface area (TPSA) is 82.9 Å². The largest absolute Gasteiger partial charge is 0.493 e. The Kier molecular flexibility index (Phi) is 6.53. The number of fused-ring (bicyclic) bond motifs is 3. The standard InChI is InChI=1S/C25H29N3O5/c1-5-7-15-27-23(29)20(24(30)33-6-2)21(16-11-10-14-19(31-3)22(16)32-4)28-18-13-9-8-12-17(18)26-25(27)28/h8-14,20-21H,5-7,15H2,1-4H3/t20-,21+/m1/s1. The summed E-state index contributed by atoms with van der Waals surface area (Å²) in [6, 6.07) is 12.4. The second-order valence-electron chi connectivity index (χ2n) is 7.87. The minimum atomic E-state index is -1.09. The fraction of sp³-hybridized carbons (Fsp3) is 0.400. The van der Waals surface area contributed by atoms with E-state index in [1.165, 1.54) is 0 Å². The van der Waals surface area contributed by atoms with E-state index < -0.39 is 17.9 Å². The molecule has 0 spiro atoms. The van der Waals surface area contributed by atoms with Crippen molar-refractivity contribution in [3.63, 3.8) is 0 Å². The predicted molar refractivity (Wildman–Crippen MR) is 125 cm³/mol. The van der Waals surface area contributed by atoms with Gasteiger partial charge in [0, 0.05) is 12.1 Å². The third-order valence-electron chi connectivity index (χ3n) is 5.97. The first kappa shape index (κ1) is 22.6. The summed E-state index contributed by atoms with van der Waals surface area (Å²) in [5.74, 6) is -0.470. The Morgan fingerprint density at radius 1 is 1.06 bits per heavy atom. The number of hydrogen-bond donors (Lipinski definition) is 0. The molecule has 0 saturated heterocycles. The van der Waals surface area contributed by atoms with Gasteiger partial charge in [0.1, 0.15) is 0 Å². The maximum absolute atomic E-state index is 13.8. The molecule has 3 aromatic rings. The molecule has 1 aliphatic heterocycles. The normalized spacial score (nSPS) is 17.7. The summed E-state index contributed by atoms with van der Waals surface area (Å²) < 4.78 is 18.6. The third kappa shape index (κ3) is 3.79. The smallest absolute Gasteiger partial charge is 0.321 e. The first-order chi connectivity index (χ1) is 16.1. The average Bonchev–Trinajstić information content (AvgIpc) is 3.21. The van der Waals surface area contributed by atoms with Gasteiger partial charge in [-0.3, -0.25) is 14.5 Å². The van der Waals surface area contributed by atoms with Gasteiger partial charge in [-0.2, -0.15) is 0 Å². The third-order valence-corrected chi connectivity index (χ3v) is 5.97. The molecule has 4 rings (SSSR count). The number of nitrogens with zero attached hydrogens (tertiary/aromatic N) is 3. The molecule has 2 atom stereocenters. The number of aromatic nitrogens is 2. The molecule has 0 bridgehead atoms. The quantitative estimate of drug-likeness (QED) is 0.381. The molecule has 0 N–H and O–H groups in total. The number of unbranched alkanes of at least 4 members (excludes halogenated alkanes) is 1. The SMILES string of the molecule is CCCCN1C(=O)[C@H](C(=O)OCC)[C@H](c2cccc(OC)c2OC)n2c1nc1ccccc12. The molecule has 1 amide bonds. The molecule has 33 heavy (non-hydrogen) atoms. The molecular weight excluding hydrogens is 422 g/mol.